The van der Waals surface area contributed by atoms with Gasteiger partial charge in [0, 0.05) is 5.56 Å². The number of benzene rings is 2. The SMILES string of the molecule is CNS(=O)(=O)c1cccc(C(=O)OC(C)C(=O)c2ccc(C(C)(C)C)cc2)c1. The first-order chi connectivity index (χ1) is 13.0. The molecular weight excluding hydrogens is 378 g/mol. The van der Waals surface area contributed by atoms with Crippen molar-refractivity contribution in [3.8, 4) is 0 Å². The molecule has 0 spiro atoms. The van der Waals surface area contributed by atoms with Gasteiger partial charge in [0.1, 0.15) is 0 Å². The molecule has 2 aromatic rings. The second-order valence-corrected chi connectivity index (χ2v) is 9.36. The fraction of sp³-hybridized carbons (Fsp3) is 0.333. The molecular formula is C21H25NO5S. The quantitative estimate of drug-likeness (QED) is 0.590. The lowest BCUT2D eigenvalue weighted by atomic mass is 9.86. The molecule has 0 bridgehead atoms. The maximum absolute atomic E-state index is 12.6. The number of rotatable bonds is 6. The van der Waals surface area contributed by atoms with E-state index < -0.39 is 22.1 Å². The summed E-state index contributed by atoms with van der Waals surface area (Å²) in [5, 5.41) is 0. The third-order valence-corrected chi connectivity index (χ3v) is 5.75. The molecule has 0 heterocycles. The van der Waals surface area contributed by atoms with E-state index in [0.29, 0.717) is 5.56 Å². The Balaban J connectivity index is 2.14. The van der Waals surface area contributed by atoms with Gasteiger partial charge in [-0.1, -0.05) is 51.1 Å². The number of nitrogens with one attached hydrogen (secondary N) is 1. The fourth-order valence-electron chi connectivity index (χ4n) is 2.56. The molecule has 0 aliphatic rings. The largest absolute Gasteiger partial charge is 0.451 e. The zero-order valence-electron chi connectivity index (χ0n) is 16.6. The molecule has 0 radical (unpaired) electrons. The molecule has 1 atom stereocenters. The predicted octanol–water partition coefficient (Wildman–Crippen LogP) is 3.32. The first kappa shape index (κ1) is 21.8. The van der Waals surface area contributed by atoms with Crippen LogP contribution in [-0.2, 0) is 20.2 Å². The summed E-state index contributed by atoms with van der Waals surface area (Å²) >= 11 is 0. The van der Waals surface area contributed by atoms with Crippen molar-refractivity contribution in [1.29, 1.82) is 0 Å². The molecule has 0 aliphatic heterocycles. The number of sulfonamides is 1. The Morgan fingerprint density at radius 3 is 2.14 bits per heavy atom. The molecule has 7 heteroatoms. The molecule has 0 aliphatic carbocycles. The van der Waals surface area contributed by atoms with Crippen molar-refractivity contribution in [3.05, 3.63) is 65.2 Å². The summed E-state index contributed by atoms with van der Waals surface area (Å²) < 4.78 is 31.2. The van der Waals surface area contributed by atoms with Crippen LogP contribution in [0.2, 0.25) is 0 Å². The predicted molar refractivity (Wildman–Crippen MR) is 107 cm³/mol. The first-order valence-electron chi connectivity index (χ1n) is 8.85. The first-order valence-corrected chi connectivity index (χ1v) is 10.3. The van der Waals surface area contributed by atoms with Gasteiger partial charge < -0.3 is 4.74 Å². The number of ether oxygens (including phenoxy) is 1. The van der Waals surface area contributed by atoms with Crippen molar-refractivity contribution in [1.82, 2.24) is 4.72 Å². The van der Waals surface area contributed by atoms with Crippen molar-refractivity contribution >= 4 is 21.8 Å². The zero-order valence-corrected chi connectivity index (χ0v) is 17.5. The summed E-state index contributed by atoms with van der Waals surface area (Å²) in [7, 11) is -2.40. The van der Waals surface area contributed by atoms with E-state index in [-0.39, 0.29) is 21.7 Å². The van der Waals surface area contributed by atoms with Gasteiger partial charge in [0.2, 0.25) is 15.8 Å². The van der Waals surface area contributed by atoms with Gasteiger partial charge >= 0.3 is 5.97 Å². The topological polar surface area (TPSA) is 89.5 Å². The molecule has 0 saturated heterocycles. The van der Waals surface area contributed by atoms with Gasteiger partial charge in [-0.2, -0.15) is 0 Å². The van der Waals surface area contributed by atoms with E-state index >= 15 is 0 Å². The third-order valence-electron chi connectivity index (χ3n) is 4.34. The average Bonchev–Trinajstić information content (AvgIpc) is 2.66. The standard InChI is InChI=1S/C21H25NO5S/c1-14(19(23)15-9-11-17(12-10-15)21(2,3)4)27-20(24)16-7-6-8-18(13-16)28(25,26)22-5/h6-14,22H,1-5H3. The van der Waals surface area contributed by atoms with Crippen LogP contribution >= 0.6 is 0 Å². The molecule has 2 aromatic carbocycles. The Bertz CT molecular complexity index is 973. The monoisotopic (exact) mass is 403 g/mol. The van der Waals surface area contributed by atoms with Crippen molar-refractivity contribution in [3.63, 3.8) is 0 Å². The van der Waals surface area contributed by atoms with Gasteiger partial charge in [0.05, 0.1) is 10.5 Å². The molecule has 0 fully saturated rings. The van der Waals surface area contributed by atoms with Crippen LogP contribution in [0.15, 0.2) is 53.4 Å². The number of ketones is 1. The lowest BCUT2D eigenvalue weighted by molar-refractivity contribution is 0.0318. The Morgan fingerprint density at radius 2 is 1.61 bits per heavy atom. The fourth-order valence-corrected chi connectivity index (χ4v) is 3.33. The van der Waals surface area contributed by atoms with Crippen LogP contribution in [0, 0.1) is 0 Å². The zero-order chi connectivity index (χ0) is 21.1. The molecule has 0 aromatic heterocycles. The minimum absolute atomic E-state index is 0.0294. The van der Waals surface area contributed by atoms with Gasteiger partial charge in [-0.3, -0.25) is 4.79 Å². The van der Waals surface area contributed by atoms with Gasteiger partial charge in [0.25, 0.3) is 0 Å². The van der Waals surface area contributed by atoms with Gasteiger partial charge in [-0.25, -0.2) is 17.9 Å². The Hall–Kier alpha value is -2.51. The summed E-state index contributed by atoms with van der Waals surface area (Å²) in [5.74, 6) is -1.09. The Kier molecular flexibility index (Phi) is 6.41. The lowest BCUT2D eigenvalue weighted by Gasteiger charge is -2.19. The molecule has 1 unspecified atom stereocenters. The Morgan fingerprint density at radius 1 is 1.00 bits per heavy atom. The summed E-state index contributed by atoms with van der Waals surface area (Å²) in [6, 6.07) is 12.7. The maximum atomic E-state index is 12.6. The summed E-state index contributed by atoms with van der Waals surface area (Å²) in [6.45, 7) is 7.73. The summed E-state index contributed by atoms with van der Waals surface area (Å²) in [6.07, 6.45) is -1.00. The second kappa shape index (κ2) is 8.24. The molecule has 1 N–H and O–H groups in total. The molecule has 0 amide bonds. The lowest BCUT2D eigenvalue weighted by Crippen LogP contribution is -2.25. The van der Waals surface area contributed by atoms with E-state index in [0.717, 1.165) is 5.56 Å². The van der Waals surface area contributed by atoms with Crippen LogP contribution in [0.5, 0.6) is 0 Å². The van der Waals surface area contributed by atoms with Gasteiger partial charge in [0.15, 0.2) is 6.10 Å². The van der Waals surface area contributed by atoms with Crippen molar-refractivity contribution in [2.45, 2.75) is 44.1 Å². The van der Waals surface area contributed by atoms with Crippen LogP contribution in [0.4, 0.5) is 0 Å². The normalized spacial score (nSPS) is 13.0. The molecule has 28 heavy (non-hydrogen) atoms. The van der Waals surface area contributed by atoms with E-state index in [1.165, 1.54) is 38.2 Å². The van der Waals surface area contributed by atoms with Crippen molar-refractivity contribution in [2.75, 3.05) is 7.05 Å². The average molecular weight is 404 g/mol. The smallest absolute Gasteiger partial charge is 0.338 e. The van der Waals surface area contributed by atoms with Gasteiger partial charge in [-0.15, -0.1) is 0 Å². The Labute approximate surface area is 166 Å². The van der Waals surface area contributed by atoms with Crippen LogP contribution in [0.25, 0.3) is 0 Å². The molecule has 6 nitrogen and oxygen atoms in total. The van der Waals surface area contributed by atoms with E-state index in [9.17, 15) is 18.0 Å². The van der Waals surface area contributed by atoms with E-state index in [2.05, 4.69) is 25.5 Å². The summed E-state index contributed by atoms with van der Waals surface area (Å²) in [5.41, 5.74) is 1.56. The minimum Gasteiger partial charge on any atom is -0.451 e. The van der Waals surface area contributed by atoms with Crippen LogP contribution in [0.1, 0.15) is 54.0 Å². The molecule has 150 valence electrons. The summed E-state index contributed by atoms with van der Waals surface area (Å²) in [4.78, 5) is 24.9. The highest BCUT2D eigenvalue weighted by Gasteiger charge is 2.22. The number of hydrogen-bond donors (Lipinski definition) is 1. The number of Topliss-reactive ketones (excluding diaryl/α,β-unsaturated/α-hetero) is 1. The van der Waals surface area contributed by atoms with E-state index in [4.69, 9.17) is 4.74 Å². The second-order valence-electron chi connectivity index (χ2n) is 7.47. The van der Waals surface area contributed by atoms with E-state index in [1.807, 2.05) is 12.1 Å². The van der Waals surface area contributed by atoms with E-state index in [1.54, 1.807) is 12.1 Å². The number of carbonyl (C=O) groups excluding carboxylic acids is 2. The molecule has 0 saturated carbocycles. The van der Waals surface area contributed by atoms with Crippen LogP contribution in [-0.4, -0.2) is 33.3 Å². The number of carbonyl (C=O) groups is 2. The van der Waals surface area contributed by atoms with Gasteiger partial charge in [-0.05, 0) is 43.1 Å². The van der Waals surface area contributed by atoms with Crippen LogP contribution < -0.4 is 4.72 Å². The van der Waals surface area contributed by atoms with Crippen LogP contribution in [0.3, 0.4) is 0 Å². The van der Waals surface area contributed by atoms with Crippen molar-refractivity contribution < 1.29 is 22.7 Å². The van der Waals surface area contributed by atoms with Crippen molar-refractivity contribution in [2.24, 2.45) is 0 Å². The molecule has 2 rings (SSSR count). The highest BCUT2D eigenvalue weighted by Crippen LogP contribution is 2.23. The number of hydrogen-bond acceptors (Lipinski definition) is 5. The third kappa shape index (κ3) is 5.05. The number of esters is 1. The highest BCUT2D eigenvalue weighted by molar-refractivity contribution is 7.89. The maximum Gasteiger partial charge on any atom is 0.338 e. The minimum atomic E-state index is -3.68. The highest BCUT2D eigenvalue weighted by atomic mass is 32.2.